The van der Waals surface area contributed by atoms with Crippen LogP contribution in [0.25, 0.3) is 16.2 Å². The molecule has 0 unspecified atom stereocenters. The average Bonchev–Trinajstić information content (AvgIpc) is 3.15. The lowest BCUT2D eigenvalue weighted by molar-refractivity contribution is 0.585. The maximum atomic E-state index is 5.92. The minimum Gasteiger partial charge on any atom is -0.382 e. The van der Waals surface area contributed by atoms with Gasteiger partial charge in [0.1, 0.15) is 5.82 Å². The van der Waals surface area contributed by atoms with Crippen molar-refractivity contribution in [1.82, 2.24) is 19.7 Å². The Hall–Kier alpha value is -2.12. The lowest BCUT2D eigenvalue weighted by Crippen LogP contribution is -2.44. The van der Waals surface area contributed by atoms with Gasteiger partial charge in [0.2, 0.25) is 0 Å². The summed E-state index contributed by atoms with van der Waals surface area (Å²) in [5.41, 5.74) is 7.79. The van der Waals surface area contributed by atoms with E-state index < -0.39 is 0 Å². The molecular weight excluding hydrogens is 284 g/mol. The average molecular weight is 300 g/mol. The number of nitrogen functional groups attached to an aromatic ring is 1. The van der Waals surface area contributed by atoms with Crippen LogP contribution < -0.4 is 16.0 Å². The molecule has 3 aromatic heterocycles. The Morgan fingerprint density at radius 1 is 1.29 bits per heavy atom. The van der Waals surface area contributed by atoms with Gasteiger partial charge in [-0.1, -0.05) is 6.07 Å². The molecule has 108 valence electrons. The molecule has 4 heterocycles. The van der Waals surface area contributed by atoms with E-state index in [2.05, 4.69) is 31.6 Å². The number of nitrogens with zero attached hydrogens (tertiary/aromatic N) is 4. The number of hydrogen-bond donors (Lipinski definition) is 2. The first kappa shape index (κ1) is 12.6. The van der Waals surface area contributed by atoms with Crippen LogP contribution in [0.2, 0.25) is 0 Å². The van der Waals surface area contributed by atoms with Crippen LogP contribution >= 0.6 is 11.3 Å². The van der Waals surface area contributed by atoms with E-state index in [1.54, 1.807) is 11.3 Å². The van der Waals surface area contributed by atoms with Gasteiger partial charge < -0.3 is 16.0 Å². The third kappa shape index (κ3) is 2.14. The number of piperazine rings is 1. The van der Waals surface area contributed by atoms with E-state index in [1.807, 2.05) is 22.9 Å². The molecule has 3 aromatic rings. The van der Waals surface area contributed by atoms with Gasteiger partial charge >= 0.3 is 0 Å². The molecular formula is C14H16N6S. The highest BCUT2D eigenvalue weighted by atomic mass is 32.1. The number of hydrogen-bond acceptors (Lipinski definition) is 6. The summed E-state index contributed by atoms with van der Waals surface area (Å²) >= 11 is 1.69. The molecule has 1 saturated heterocycles. The zero-order chi connectivity index (χ0) is 14.2. The number of fused-ring (bicyclic) bond motifs is 1. The second-order valence-corrected chi connectivity index (χ2v) is 5.99. The number of nitrogens with two attached hydrogens (primary N) is 1. The van der Waals surface area contributed by atoms with Gasteiger partial charge in [-0.2, -0.15) is 0 Å². The summed E-state index contributed by atoms with van der Waals surface area (Å²) in [5, 5.41) is 5.41. The van der Waals surface area contributed by atoms with Gasteiger partial charge in [0.05, 0.1) is 23.0 Å². The topological polar surface area (TPSA) is 71.5 Å². The Bertz CT molecular complexity index is 757. The van der Waals surface area contributed by atoms with Crippen molar-refractivity contribution in [2.45, 2.75) is 0 Å². The highest BCUT2D eigenvalue weighted by Gasteiger charge is 2.18. The molecule has 3 N–H and O–H groups in total. The Kier molecular flexibility index (Phi) is 3.01. The summed E-state index contributed by atoms with van der Waals surface area (Å²) in [4.78, 5) is 12.6. The van der Waals surface area contributed by atoms with Crippen molar-refractivity contribution in [2.24, 2.45) is 0 Å². The van der Waals surface area contributed by atoms with Crippen molar-refractivity contribution in [1.29, 1.82) is 0 Å². The molecule has 1 aliphatic rings. The van der Waals surface area contributed by atoms with Crippen LogP contribution in [-0.2, 0) is 0 Å². The largest absolute Gasteiger partial charge is 0.382 e. The van der Waals surface area contributed by atoms with Gasteiger partial charge in [-0.05, 0) is 11.4 Å². The lowest BCUT2D eigenvalue weighted by atomic mass is 10.3. The normalized spacial score (nSPS) is 15.7. The molecule has 4 rings (SSSR count). The second kappa shape index (κ2) is 5.01. The van der Waals surface area contributed by atoms with E-state index in [4.69, 9.17) is 5.73 Å². The van der Waals surface area contributed by atoms with Gasteiger partial charge in [-0.15, -0.1) is 11.3 Å². The summed E-state index contributed by atoms with van der Waals surface area (Å²) < 4.78 is 2.05. The number of rotatable bonds is 2. The number of imidazole rings is 1. The van der Waals surface area contributed by atoms with Crippen molar-refractivity contribution in [3.05, 3.63) is 29.9 Å². The smallest absolute Gasteiger partial charge is 0.182 e. The van der Waals surface area contributed by atoms with Crippen molar-refractivity contribution in [2.75, 3.05) is 36.8 Å². The van der Waals surface area contributed by atoms with E-state index in [0.29, 0.717) is 5.82 Å². The molecule has 0 aliphatic carbocycles. The molecule has 0 radical (unpaired) electrons. The quantitative estimate of drug-likeness (QED) is 0.749. The van der Waals surface area contributed by atoms with Gasteiger partial charge in [0, 0.05) is 26.2 Å². The zero-order valence-electron chi connectivity index (χ0n) is 11.5. The predicted molar refractivity (Wildman–Crippen MR) is 85.8 cm³/mol. The Morgan fingerprint density at radius 3 is 2.90 bits per heavy atom. The monoisotopic (exact) mass is 300 g/mol. The SMILES string of the molecule is Nc1cn2c(-c3cccs3)cnc(N3CCNCC3)c2n1. The van der Waals surface area contributed by atoms with Crippen molar-refractivity contribution in [3.8, 4) is 10.6 Å². The Morgan fingerprint density at radius 2 is 2.14 bits per heavy atom. The van der Waals surface area contributed by atoms with E-state index in [0.717, 1.165) is 48.2 Å². The van der Waals surface area contributed by atoms with Gasteiger partial charge in [-0.25, -0.2) is 9.97 Å². The fourth-order valence-corrected chi connectivity index (χ4v) is 3.42. The number of aromatic nitrogens is 3. The van der Waals surface area contributed by atoms with Crippen LogP contribution in [0.15, 0.2) is 29.9 Å². The fourth-order valence-electron chi connectivity index (χ4n) is 2.69. The van der Waals surface area contributed by atoms with Crippen LogP contribution in [0, 0.1) is 0 Å². The van der Waals surface area contributed by atoms with Gasteiger partial charge in [0.25, 0.3) is 0 Å². The van der Waals surface area contributed by atoms with Crippen LogP contribution in [-0.4, -0.2) is 40.5 Å². The van der Waals surface area contributed by atoms with Crippen molar-refractivity contribution < 1.29 is 0 Å². The third-order valence-electron chi connectivity index (χ3n) is 3.68. The number of anilines is 2. The van der Waals surface area contributed by atoms with E-state index in [1.165, 1.54) is 0 Å². The Balaban J connectivity index is 1.88. The summed E-state index contributed by atoms with van der Waals surface area (Å²) in [7, 11) is 0. The maximum absolute atomic E-state index is 5.92. The number of thiophene rings is 1. The maximum Gasteiger partial charge on any atom is 0.182 e. The first-order valence-corrected chi connectivity index (χ1v) is 7.84. The van der Waals surface area contributed by atoms with Crippen molar-refractivity contribution in [3.63, 3.8) is 0 Å². The summed E-state index contributed by atoms with van der Waals surface area (Å²) in [6, 6.07) is 4.12. The standard InChI is InChI=1S/C14H16N6S/c15-12-9-20-10(11-2-1-7-21-11)8-17-13(14(20)18-12)19-5-3-16-4-6-19/h1-2,7-9,16H,3-6,15H2. The molecule has 1 aliphatic heterocycles. The molecule has 0 saturated carbocycles. The molecule has 7 heteroatoms. The summed E-state index contributed by atoms with van der Waals surface area (Å²) in [5.74, 6) is 1.44. The van der Waals surface area contributed by atoms with Crippen molar-refractivity contribution >= 4 is 28.6 Å². The first-order chi connectivity index (χ1) is 10.3. The summed E-state index contributed by atoms with van der Waals surface area (Å²) in [6.07, 6.45) is 3.79. The molecule has 0 aromatic carbocycles. The van der Waals surface area contributed by atoms with Crippen LogP contribution in [0.4, 0.5) is 11.6 Å². The molecule has 0 atom stereocenters. The van der Waals surface area contributed by atoms with Gasteiger partial charge in [0.15, 0.2) is 11.5 Å². The van der Waals surface area contributed by atoms with Crippen LogP contribution in [0.5, 0.6) is 0 Å². The lowest BCUT2D eigenvalue weighted by Gasteiger charge is -2.28. The minimum absolute atomic E-state index is 0.525. The molecule has 0 amide bonds. The highest BCUT2D eigenvalue weighted by Crippen LogP contribution is 2.29. The minimum atomic E-state index is 0.525. The second-order valence-electron chi connectivity index (χ2n) is 5.04. The molecule has 21 heavy (non-hydrogen) atoms. The van der Waals surface area contributed by atoms with Crippen LogP contribution in [0.1, 0.15) is 0 Å². The van der Waals surface area contributed by atoms with E-state index in [-0.39, 0.29) is 0 Å². The Labute approximate surface area is 126 Å². The fraction of sp³-hybridized carbons (Fsp3) is 0.286. The molecule has 0 bridgehead atoms. The van der Waals surface area contributed by atoms with E-state index in [9.17, 15) is 0 Å². The predicted octanol–water partition coefficient (Wildman–Crippen LogP) is 1.45. The highest BCUT2D eigenvalue weighted by molar-refractivity contribution is 7.13. The van der Waals surface area contributed by atoms with Crippen LogP contribution in [0.3, 0.4) is 0 Å². The number of nitrogens with one attached hydrogen (secondary N) is 1. The third-order valence-corrected chi connectivity index (χ3v) is 4.58. The summed E-state index contributed by atoms with van der Waals surface area (Å²) in [6.45, 7) is 3.81. The first-order valence-electron chi connectivity index (χ1n) is 6.96. The zero-order valence-corrected chi connectivity index (χ0v) is 12.3. The molecule has 6 nitrogen and oxygen atoms in total. The molecule has 0 spiro atoms. The molecule has 1 fully saturated rings. The van der Waals surface area contributed by atoms with E-state index >= 15 is 0 Å². The van der Waals surface area contributed by atoms with Gasteiger partial charge in [-0.3, -0.25) is 4.40 Å².